The Morgan fingerprint density at radius 1 is 0.680 bits per heavy atom. The average molecular weight is 659 g/mol. The molecule has 0 N–H and O–H groups in total. The summed E-state index contributed by atoms with van der Waals surface area (Å²) in [5.74, 6) is -0.609. The van der Waals surface area contributed by atoms with Crippen LogP contribution >= 0.6 is 0 Å². The van der Waals surface area contributed by atoms with Gasteiger partial charge in [-0.05, 0) is 30.2 Å². The number of nitrogens with zero attached hydrogens (tertiary/aromatic N) is 4. The molecule has 0 aliphatic carbocycles. The number of hydrogen-bond acceptors (Lipinski definition) is 5. The molecule has 0 saturated carbocycles. The molecule has 3 amide bonds. The molecule has 11 rings (SSSR count). The van der Waals surface area contributed by atoms with Crippen molar-refractivity contribution >= 4 is 61.5 Å². The molecule has 4 aliphatic heterocycles. The van der Waals surface area contributed by atoms with E-state index >= 15 is 0 Å². The normalized spacial score (nSPS) is 23.8. The molecule has 0 unspecified atom stereocenters. The Morgan fingerprint density at radius 3 is 1.92 bits per heavy atom. The smallest absolute Gasteiger partial charge is 0.410 e. The lowest BCUT2D eigenvalue weighted by Gasteiger charge is -2.45. The molecule has 6 heterocycles. The number of carbonyl (C=O) groups is 3. The number of carbonyl (C=O) groups excluding carboxylic acids is 3. The molecule has 2 aromatic heterocycles. The highest BCUT2D eigenvalue weighted by molar-refractivity contribution is 6.39. The quantitative estimate of drug-likeness (QED) is 0.181. The van der Waals surface area contributed by atoms with Crippen molar-refractivity contribution in [2.75, 3.05) is 0 Å². The van der Waals surface area contributed by atoms with Crippen molar-refractivity contribution in [1.29, 1.82) is 0 Å². The van der Waals surface area contributed by atoms with Gasteiger partial charge in [0.05, 0.1) is 45.8 Å². The van der Waals surface area contributed by atoms with Crippen LogP contribution in [-0.2, 0) is 28.3 Å². The van der Waals surface area contributed by atoms with Crippen molar-refractivity contribution in [2.24, 2.45) is 0 Å². The van der Waals surface area contributed by atoms with Crippen molar-refractivity contribution in [2.45, 2.75) is 50.5 Å². The number of amides is 3. The molecular formula is C41H30N4O5. The second-order valence-electron chi connectivity index (χ2n) is 14.0. The van der Waals surface area contributed by atoms with E-state index in [2.05, 4.69) is 15.2 Å². The molecule has 9 nitrogen and oxygen atoms in total. The molecule has 4 atom stereocenters. The summed E-state index contributed by atoms with van der Waals surface area (Å²) >= 11 is 0. The van der Waals surface area contributed by atoms with Crippen LogP contribution in [0.5, 0.6) is 0 Å². The van der Waals surface area contributed by atoms with Gasteiger partial charge in [0, 0.05) is 34.5 Å². The van der Waals surface area contributed by atoms with E-state index in [-0.39, 0.29) is 30.5 Å². The number of rotatable bonds is 4. The molecule has 5 aromatic carbocycles. The van der Waals surface area contributed by atoms with Gasteiger partial charge in [-0.1, -0.05) is 97.1 Å². The first kappa shape index (κ1) is 28.0. The van der Waals surface area contributed by atoms with Gasteiger partial charge in [-0.25, -0.2) is 4.79 Å². The van der Waals surface area contributed by atoms with Crippen molar-refractivity contribution in [3.63, 3.8) is 0 Å². The van der Waals surface area contributed by atoms with Crippen LogP contribution in [0.25, 0.3) is 43.6 Å². The van der Waals surface area contributed by atoms with E-state index in [1.54, 1.807) is 0 Å². The van der Waals surface area contributed by atoms with Crippen molar-refractivity contribution in [1.82, 2.24) is 18.9 Å². The minimum Gasteiger partial charge on any atom is -0.439 e. The molecule has 7 aromatic rings. The Hall–Kier alpha value is -5.93. The van der Waals surface area contributed by atoms with E-state index in [1.165, 1.54) is 4.90 Å². The van der Waals surface area contributed by atoms with E-state index in [0.29, 0.717) is 24.1 Å². The maximum Gasteiger partial charge on any atom is 0.410 e. The van der Waals surface area contributed by atoms with E-state index in [0.717, 1.165) is 54.7 Å². The first-order valence-electron chi connectivity index (χ1n) is 17.1. The van der Waals surface area contributed by atoms with Crippen molar-refractivity contribution in [3.8, 4) is 0 Å². The fourth-order valence-corrected chi connectivity index (χ4v) is 9.34. The number of fused-ring (bicyclic) bond motifs is 15. The number of ether oxygens (including phenoxy) is 2. The van der Waals surface area contributed by atoms with Gasteiger partial charge in [0.2, 0.25) is 0 Å². The monoisotopic (exact) mass is 658 g/mol. The first-order chi connectivity index (χ1) is 24.4. The van der Waals surface area contributed by atoms with Crippen LogP contribution in [0.3, 0.4) is 0 Å². The van der Waals surface area contributed by atoms with Gasteiger partial charge in [0.15, 0.2) is 11.8 Å². The van der Waals surface area contributed by atoms with Crippen LogP contribution in [-0.4, -0.2) is 49.0 Å². The van der Waals surface area contributed by atoms with E-state index in [4.69, 9.17) is 9.47 Å². The SMILES string of the molecule is C[C@@]12O[C@@H](C[C@H]3[C@@H]1OC(=O)N3Cc1ccccc1)n1c3ccccc3c3c4c(c5c6ccccc6n2c5c31)C(=O)N(Cc1ccccc1)C4=O. The Kier molecular flexibility index (Phi) is 5.37. The Morgan fingerprint density at radius 2 is 1.24 bits per heavy atom. The molecule has 2 saturated heterocycles. The lowest BCUT2D eigenvalue weighted by molar-refractivity contribution is -0.240. The number of benzene rings is 5. The van der Waals surface area contributed by atoms with Crippen LogP contribution in [0.1, 0.15) is 51.4 Å². The number of aromatic nitrogens is 2. The Labute approximate surface area is 285 Å². The van der Waals surface area contributed by atoms with Crippen LogP contribution in [0.15, 0.2) is 109 Å². The molecule has 0 spiro atoms. The molecule has 2 bridgehead atoms. The van der Waals surface area contributed by atoms with Gasteiger partial charge < -0.3 is 18.6 Å². The average Bonchev–Trinajstić information content (AvgIpc) is 3.82. The number of para-hydroxylation sites is 2. The Balaban J connectivity index is 1.24. The molecule has 50 heavy (non-hydrogen) atoms. The largest absolute Gasteiger partial charge is 0.439 e. The highest BCUT2D eigenvalue weighted by Gasteiger charge is 2.60. The van der Waals surface area contributed by atoms with Gasteiger partial charge in [0.1, 0.15) is 6.23 Å². The number of imide groups is 1. The molecule has 2 fully saturated rings. The summed E-state index contributed by atoms with van der Waals surface area (Å²) in [6, 6.07) is 35.3. The third-order valence-electron chi connectivity index (χ3n) is 11.3. The summed E-state index contributed by atoms with van der Waals surface area (Å²) in [4.78, 5) is 46.4. The lowest BCUT2D eigenvalue weighted by atomic mass is 9.92. The zero-order valence-corrected chi connectivity index (χ0v) is 27.1. The van der Waals surface area contributed by atoms with Crippen LogP contribution in [0.4, 0.5) is 4.79 Å². The highest BCUT2D eigenvalue weighted by atomic mass is 16.6. The van der Waals surface area contributed by atoms with Crippen molar-refractivity contribution in [3.05, 3.63) is 131 Å². The number of hydrogen-bond donors (Lipinski definition) is 0. The van der Waals surface area contributed by atoms with Crippen LogP contribution in [0.2, 0.25) is 0 Å². The van der Waals surface area contributed by atoms with Gasteiger partial charge >= 0.3 is 6.09 Å². The molecule has 0 radical (unpaired) electrons. The summed E-state index contributed by atoms with van der Waals surface area (Å²) in [6.45, 7) is 2.59. The molecular weight excluding hydrogens is 628 g/mol. The Bertz CT molecular complexity index is 2640. The summed E-state index contributed by atoms with van der Waals surface area (Å²) in [7, 11) is 0. The zero-order chi connectivity index (χ0) is 33.5. The third kappa shape index (κ3) is 3.37. The van der Waals surface area contributed by atoms with Gasteiger partial charge in [0.25, 0.3) is 11.8 Å². The van der Waals surface area contributed by atoms with Crippen LogP contribution < -0.4 is 0 Å². The minimum atomic E-state index is -1.15. The van der Waals surface area contributed by atoms with Gasteiger partial charge in [-0.2, -0.15) is 0 Å². The second-order valence-corrected chi connectivity index (χ2v) is 14.0. The van der Waals surface area contributed by atoms with E-state index in [1.807, 2.05) is 115 Å². The molecule has 9 heteroatoms. The minimum absolute atomic E-state index is 0.174. The third-order valence-corrected chi connectivity index (χ3v) is 11.3. The fourth-order valence-electron chi connectivity index (χ4n) is 9.34. The predicted molar refractivity (Wildman–Crippen MR) is 188 cm³/mol. The fraction of sp³-hybridized carbons (Fsp3) is 0.195. The maximum absolute atomic E-state index is 14.7. The second kappa shape index (κ2) is 9.61. The first-order valence-corrected chi connectivity index (χ1v) is 17.1. The van der Waals surface area contributed by atoms with E-state index in [9.17, 15) is 14.4 Å². The van der Waals surface area contributed by atoms with Crippen molar-refractivity contribution < 1.29 is 23.9 Å². The maximum atomic E-state index is 14.7. The summed E-state index contributed by atoms with van der Waals surface area (Å²) in [5.41, 5.74) is 5.01. The zero-order valence-electron chi connectivity index (χ0n) is 27.1. The summed E-state index contributed by atoms with van der Waals surface area (Å²) < 4.78 is 17.9. The van der Waals surface area contributed by atoms with E-state index < -0.39 is 18.1 Å². The molecule has 4 aliphatic rings. The highest BCUT2D eigenvalue weighted by Crippen LogP contribution is 2.56. The lowest BCUT2D eigenvalue weighted by Crippen LogP contribution is -2.56. The predicted octanol–water partition coefficient (Wildman–Crippen LogP) is 7.69. The van der Waals surface area contributed by atoms with Gasteiger partial charge in [-0.15, -0.1) is 0 Å². The summed E-state index contributed by atoms with van der Waals surface area (Å²) in [6.07, 6.45) is -1.02. The topological polar surface area (TPSA) is 86.0 Å². The molecule has 244 valence electrons. The summed E-state index contributed by atoms with van der Waals surface area (Å²) in [5, 5.41) is 3.20. The van der Waals surface area contributed by atoms with Gasteiger partial charge in [-0.3, -0.25) is 19.4 Å². The van der Waals surface area contributed by atoms with Crippen LogP contribution in [0, 0.1) is 0 Å². The standard InChI is InChI=1S/C41H30N4O5/c1-41-37-29(42(40(48)49-37)21-23-12-4-2-5-13-23)20-30(50-41)44-27-18-10-8-16-25(27)31-33-34(39(47)43(38(33)46)22-24-14-6-3-7-15-24)32-26-17-9-11-19-28(26)45(41)36(32)35(31)44/h2-19,29-30,37H,20-22H2,1H3/t29-,30-,37-,41+/m0/s1.